The van der Waals surface area contributed by atoms with Gasteiger partial charge in [0.15, 0.2) is 17.8 Å². The smallest absolute Gasteiger partial charge is 0.229 e. The van der Waals surface area contributed by atoms with Gasteiger partial charge in [-0.25, -0.2) is 0 Å². The SMILES string of the molecule is CCOc1cc(C=O)ccc1O[C@H]1O[C@H](CO)[C@@H](O[C@@H]2O[C@H](CO)[C@@H](O)[C@H](O)[C@H]2O)[C@H](O)[C@H]1O. The molecule has 0 unspecified atom stereocenters. The summed E-state index contributed by atoms with van der Waals surface area (Å²) in [6.07, 6.45) is -15.0. The lowest BCUT2D eigenvalue weighted by atomic mass is 9.97. The van der Waals surface area contributed by atoms with Gasteiger partial charge < -0.3 is 59.4 Å². The van der Waals surface area contributed by atoms with E-state index in [0.717, 1.165) is 0 Å². The van der Waals surface area contributed by atoms with Crippen LogP contribution in [0.5, 0.6) is 11.5 Å². The maximum Gasteiger partial charge on any atom is 0.229 e. The molecule has 0 bridgehead atoms. The van der Waals surface area contributed by atoms with E-state index in [-0.39, 0.29) is 18.1 Å². The Kier molecular flexibility index (Phi) is 9.17. The van der Waals surface area contributed by atoms with E-state index in [1.807, 2.05) is 0 Å². The molecule has 2 saturated heterocycles. The zero-order chi connectivity index (χ0) is 25.0. The van der Waals surface area contributed by atoms with Gasteiger partial charge in [0.1, 0.15) is 55.1 Å². The second kappa shape index (κ2) is 11.7. The molecular weight excluding hydrogens is 460 g/mol. The lowest BCUT2D eigenvalue weighted by Crippen LogP contribution is -2.65. The van der Waals surface area contributed by atoms with Crippen molar-refractivity contribution >= 4 is 6.29 Å². The van der Waals surface area contributed by atoms with Crippen LogP contribution in [0, 0.1) is 0 Å². The third-order valence-corrected chi connectivity index (χ3v) is 5.61. The van der Waals surface area contributed by atoms with E-state index in [2.05, 4.69) is 0 Å². The molecule has 2 aliphatic heterocycles. The van der Waals surface area contributed by atoms with Crippen molar-refractivity contribution < 1.29 is 64.2 Å². The fraction of sp³-hybridized carbons (Fsp3) is 0.667. The summed E-state index contributed by atoms with van der Waals surface area (Å²) in [5.74, 6) is 0.298. The minimum Gasteiger partial charge on any atom is -0.490 e. The molecule has 34 heavy (non-hydrogen) atoms. The number of hydrogen-bond donors (Lipinski definition) is 7. The number of carbonyl (C=O) groups excluding carboxylic acids is 1. The first kappa shape index (κ1) is 26.7. The number of rotatable bonds is 9. The topological polar surface area (TPSA) is 205 Å². The highest BCUT2D eigenvalue weighted by atomic mass is 16.7. The second-order valence-electron chi connectivity index (χ2n) is 7.88. The first-order chi connectivity index (χ1) is 16.2. The first-order valence-corrected chi connectivity index (χ1v) is 10.7. The van der Waals surface area contributed by atoms with Crippen molar-refractivity contribution in [3.8, 4) is 11.5 Å². The van der Waals surface area contributed by atoms with Crippen molar-refractivity contribution in [3.63, 3.8) is 0 Å². The van der Waals surface area contributed by atoms with Crippen molar-refractivity contribution in [3.05, 3.63) is 23.8 Å². The molecule has 0 aliphatic carbocycles. The van der Waals surface area contributed by atoms with E-state index in [0.29, 0.717) is 11.8 Å². The Hall–Kier alpha value is -1.91. The van der Waals surface area contributed by atoms with Crippen LogP contribution in [0.15, 0.2) is 18.2 Å². The van der Waals surface area contributed by atoms with Gasteiger partial charge in [-0.2, -0.15) is 0 Å². The summed E-state index contributed by atoms with van der Waals surface area (Å²) in [5.41, 5.74) is 0.321. The largest absolute Gasteiger partial charge is 0.490 e. The quantitative estimate of drug-likeness (QED) is 0.172. The Labute approximate surface area is 194 Å². The summed E-state index contributed by atoms with van der Waals surface area (Å²) in [7, 11) is 0. The van der Waals surface area contributed by atoms with Gasteiger partial charge in [-0.3, -0.25) is 4.79 Å². The average Bonchev–Trinajstić information content (AvgIpc) is 2.84. The molecule has 0 spiro atoms. The first-order valence-electron chi connectivity index (χ1n) is 10.7. The lowest BCUT2D eigenvalue weighted by molar-refractivity contribution is -0.352. The Morgan fingerprint density at radius 1 is 0.853 bits per heavy atom. The average molecular weight is 490 g/mol. The van der Waals surface area contributed by atoms with Crippen LogP contribution in [-0.2, 0) is 14.2 Å². The minimum atomic E-state index is -1.76. The molecule has 3 rings (SSSR count). The number of aliphatic hydroxyl groups excluding tert-OH is 7. The van der Waals surface area contributed by atoms with Crippen molar-refractivity contribution in [2.45, 2.75) is 68.3 Å². The Morgan fingerprint density at radius 3 is 2.12 bits per heavy atom. The van der Waals surface area contributed by atoms with Crippen LogP contribution in [-0.4, -0.2) is 123 Å². The third-order valence-electron chi connectivity index (χ3n) is 5.61. The molecule has 0 amide bonds. The predicted molar refractivity (Wildman–Crippen MR) is 110 cm³/mol. The number of benzene rings is 1. The summed E-state index contributed by atoms with van der Waals surface area (Å²) in [6, 6.07) is 4.29. The molecule has 192 valence electrons. The van der Waals surface area contributed by atoms with Crippen LogP contribution >= 0.6 is 0 Å². The van der Waals surface area contributed by atoms with Gasteiger partial charge in [0.05, 0.1) is 19.8 Å². The Morgan fingerprint density at radius 2 is 1.50 bits per heavy atom. The lowest BCUT2D eigenvalue weighted by Gasteiger charge is -2.45. The maximum atomic E-state index is 11.0. The van der Waals surface area contributed by atoms with Gasteiger partial charge in [-0.1, -0.05) is 0 Å². The number of aldehydes is 1. The molecule has 13 nitrogen and oxygen atoms in total. The fourth-order valence-electron chi connectivity index (χ4n) is 3.74. The molecule has 10 atom stereocenters. The zero-order valence-corrected chi connectivity index (χ0v) is 18.3. The molecule has 13 heteroatoms. The number of hydrogen-bond acceptors (Lipinski definition) is 13. The Balaban J connectivity index is 1.75. The molecule has 0 radical (unpaired) electrons. The van der Waals surface area contributed by atoms with Crippen LogP contribution in [0.4, 0.5) is 0 Å². The van der Waals surface area contributed by atoms with E-state index < -0.39 is 74.6 Å². The van der Waals surface area contributed by atoms with E-state index in [9.17, 15) is 40.5 Å². The van der Waals surface area contributed by atoms with Gasteiger partial charge in [0.25, 0.3) is 0 Å². The van der Waals surface area contributed by atoms with Gasteiger partial charge >= 0.3 is 0 Å². The van der Waals surface area contributed by atoms with Crippen molar-refractivity contribution in [2.24, 2.45) is 0 Å². The summed E-state index contributed by atoms with van der Waals surface area (Å²) in [4.78, 5) is 11.0. The summed E-state index contributed by atoms with van der Waals surface area (Å²) in [6.45, 7) is 0.579. The zero-order valence-electron chi connectivity index (χ0n) is 18.3. The molecule has 2 heterocycles. The van der Waals surface area contributed by atoms with Gasteiger partial charge in [-0.15, -0.1) is 0 Å². The highest BCUT2D eigenvalue weighted by Gasteiger charge is 2.51. The van der Waals surface area contributed by atoms with Crippen LogP contribution in [0.1, 0.15) is 17.3 Å². The normalized spacial score (nSPS) is 38.4. The molecule has 2 fully saturated rings. The van der Waals surface area contributed by atoms with Crippen molar-refractivity contribution in [1.82, 2.24) is 0 Å². The van der Waals surface area contributed by atoms with Gasteiger partial charge in [0, 0.05) is 5.56 Å². The second-order valence-corrected chi connectivity index (χ2v) is 7.88. The third kappa shape index (κ3) is 5.49. The highest BCUT2D eigenvalue weighted by molar-refractivity contribution is 5.76. The molecule has 0 saturated carbocycles. The monoisotopic (exact) mass is 490 g/mol. The van der Waals surface area contributed by atoms with Crippen LogP contribution in [0.25, 0.3) is 0 Å². The van der Waals surface area contributed by atoms with Gasteiger partial charge in [0.2, 0.25) is 6.29 Å². The van der Waals surface area contributed by atoms with E-state index >= 15 is 0 Å². The molecular formula is C21H30O13. The summed E-state index contributed by atoms with van der Waals surface area (Å²) in [5, 5.41) is 70.4. The molecule has 7 N–H and O–H groups in total. The van der Waals surface area contributed by atoms with Crippen LogP contribution in [0.3, 0.4) is 0 Å². The van der Waals surface area contributed by atoms with Crippen LogP contribution in [0.2, 0.25) is 0 Å². The van der Waals surface area contributed by atoms with E-state index in [1.54, 1.807) is 6.92 Å². The van der Waals surface area contributed by atoms with Crippen molar-refractivity contribution in [1.29, 1.82) is 0 Å². The van der Waals surface area contributed by atoms with E-state index in [4.69, 9.17) is 23.7 Å². The number of aliphatic hydroxyl groups is 7. The van der Waals surface area contributed by atoms with Crippen LogP contribution < -0.4 is 9.47 Å². The standard InChI is InChI=1S/C21H30O13/c1-2-30-11-5-9(6-22)3-4-10(11)31-20-18(29)16(27)19(13(8-24)33-20)34-21-17(28)15(26)14(25)12(7-23)32-21/h3-6,12-21,23-29H,2,7-8H2,1H3/t12-,13-,14-,15+,16-,17-,18-,19-,20+,21+/m1/s1. The van der Waals surface area contributed by atoms with E-state index in [1.165, 1.54) is 18.2 Å². The minimum absolute atomic E-state index is 0.105. The molecule has 1 aromatic rings. The number of ether oxygens (including phenoxy) is 5. The van der Waals surface area contributed by atoms with Crippen molar-refractivity contribution in [2.75, 3.05) is 19.8 Å². The molecule has 0 aromatic heterocycles. The summed E-state index contributed by atoms with van der Waals surface area (Å²) < 4.78 is 27.4. The number of carbonyl (C=O) groups is 1. The fourth-order valence-corrected chi connectivity index (χ4v) is 3.74. The van der Waals surface area contributed by atoms with Gasteiger partial charge in [-0.05, 0) is 25.1 Å². The molecule has 1 aromatic carbocycles. The maximum absolute atomic E-state index is 11.0. The highest BCUT2D eigenvalue weighted by Crippen LogP contribution is 2.33. The Bertz CT molecular complexity index is 803. The predicted octanol–water partition coefficient (Wildman–Crippen LogP) is -3.10. The summed E-state index contributed by atoms with van der Waals surface area (Å²) >= 11 is 0. The molecule has 2 aliphatic rings.